The molecule has 0 radical (unpaired) electrons. The molecule has 0 bridgehead atoms. The number of carboxylic acid groups (broad SMARTS) is 1. The largest absolute Gasteiger partial charge is 0.481 e. The van der Waals surface area contributed by atoms with E-state index in [0.717, 1.165) is 6.07 Å². The molecule has 1 saturated carbocycles. The maximum Gasteiger partial charge on any atom is 0.435 e. The minimum Gasteiger partial charge on any atom is -0.481 e. The maximum absolute atomic E-state index is 15.1. The Hall–Kier alpha value is -3.20. The number of aliphatic hydroxyl groups is 1. The highest BCUT2D eigenvalue weighted by atomic mass is 32.2. The van der Waals surface area contributed by atoms with Crippen LogP contribution in [-0.2, 0) is 41.9 Å². The summed E-state index contributed by atoms with van der Waals surface area (Å²) in [7, 11) is -4.55. The van der Waals surface area contributed by atoms with Crippen LogP contribution >= 0.6 is 0 Å². The summed E-state index contributed by atoms with van der Waals surface area (Å²) in [5.41, 5.74) is -8.71. The number of carbonyl (C=O) groups excluding carboxylic acids is 1. The highest BCUT2D eigenvalue weighted by molar-refractivity contribution is 7.92. The molecule has 5 rings (SSSR count). The third-order valence-electron chi connectivity index (χ3n) is 10.1. The zero-order chi connectivity index (χ0) is 35.0. The fourth-order valence-corrected chi connectivity index (χ4v) is 9.93. The molecule has 3 aliphatic rings. The number of hydrogen-bond acceptors (Lipinski definition) is 5. The van der Waals surface area contributed by atoms with Crippen molar-refractivity contribution in [2.45, 2.75) is 98.1 Å². The smallest absolute Gasteiger partial charge is 0.435 e. The number of likely N-dealkylation sites (tertiary alicyclic amines) is 1. The van der Waals surface area contributed by atoms with E-state index in [9.17, 15) is 54.6 Å². The Labute approximate surface area is 266 Å². The number of nitrogens with zero attached hydrogens (tertiary/aromatic N) is 1. The number of aryl methyl sites for hydroxylation is 1. The molecule has 258 valence electrons. The van der Waals surface area contributed by atoms with Gasteiger partial charge in [0, 0.05) is 18.0 Å². The normalized spacial score (nSPS) is 25.7. The van der Waals surface area contributed by atoms with Crippen molar-refractivity contribution in [1.82, 2.24) is 4.90 Å². The Balaban J connectivity index is 1.63. The Kier molecular flexibility index (Phi) is 8.56. The predicted octanol–water partition coefficient (Wildman–Crippen LogP) is 6.31. The van der Waals surface area contributed by atoms with Gasteiger partial charge < -0.3 is 15.1 Å². The summed E-state index contributed by atoms with van der Waals surface area (Å²) in [5.74, 6) is -2.58. The van der Waals surface area contributed by atoms with Gasteiger partial charge in [0.05, 0.1) is 22.5 Å². The van der Waals surface area contributed by atoms with Gasteiger partial charge in [-0.3, -0.25) is 9.59 Å². The third kappa shape index (κ3) is 5.50. The first-order valence-electron chi connectivity index (χ1n) is 15.1. The van der Waals surface area contributed by atoms with Crippen molar-refractivity contribution in [3.05, 3.63) is 64.7 Å². The zero-order valence-electron chi connectivity index (χ0n) is 25.5. The molecule has 7 nitrogen and oxygen atoms in total. The fraction of sp³-hybridized carbons (Fsp3) is 0.562. The Bertz CT molecular complexity index is 1640. The summed E-state index contributed by atoms with van der Waals surface area (Å²) in [6, 6.07) is 5.74. The van der Waals surface area contributed by atoms with Crippen LogP contribution < -0.4 is 0 Å². The first kappa shape index (κ1) is 35.1. The van der Waals surface area contributed by atoms with Crippen LogP contribution in [0.1, 0.15) is 74.6 Å². The van der Waals surface area contributed by atoms with Crippen LogP contribution in [0.3, 0.4) is 0 Å². The summed E-state index contributed by atoms with van der Waals surface area (Å²) in [5, 5.41) is 19.7. The second-order valence-electron chi connectivity index (χ2n) is 13.2. The molecule has 2 N–H and O–H groups in total. The van der Waals surface area contributed by atoms with Gasteiger partial charge in [0.2, 0.25) is 5.91 Å². The summed E-state index contributed by atoms with van der Waals surface area (Å²) in [4.78, 5) is 26.5. The zero-order valence-corrected chi connectivity index (χ0v) is 26.3. The molecule has 47 heavy (non-hydrogen) atoms. The molecule has 2 unspecified atom stereocenters. The number of halogens is 7. The Morgan fingerprint density at radius 2 is 1.36 bits per heavy atom. The molecule has 15 heteroatoms. The quantitative estimate of drug-likeness (QED) is 0.343. The lowest BCUT2D eigenvalue weighted by Crippen LogP contribution is -2.53. The molecule has 1 saturated heterocycles. The number of carbonyl (C=O) groups is 2. The second kappa shape index (κ2) is 11.5. The van der Waals surface area contributed by atoms with E-state index < -0.39 is 73.5 Å². The first-order chi connectivity index (χ1) is 21.6. The van der Waals surface area contributed by atoms with Gasteiger partial charge in [0.25, 0.3) is 0 Å². The van der Waals surface area contributed by atoms with E-state index in [1.54, 1.807) is 0 Å². The molecule has 0 aromatic heterocycles. The summed E-state index contributed by atoms with van der Waals surface area (Å²) < 4.78 is 124. The Morgan fingerprint density at radius 3 is 1.87 bits per heavy atom. The number of carboxylic acids is 1. The number of aliphatic carboxylic acids is 1. The van der Waals surface area contributed by atoms with Gasteiger partial charge in [-0.05, 0) is 87.6 Å². The van der Waals surface area contributed by atoms with Gasteiger partial charge in [-0.1, -0.05) is 30.3 Å². The van der Waals surface area contributed by atoms with Crippen molar-refractivity contribution in [2.75, 3.05) is 6.54 Å². The summed E-state index contributed by atoms with van der Waals surface area (Å²) >= 11 is 0. The minimum atomic E-state index is -6.36. The van der Waals surface area contributed by atoms with Crippen molar-refractivity contribution in [3.63, 3.8) is 0 Å². The summed E-state index contributed by atoms with van der Waals surface area (Å²) in [6.07, 6.45) is -12.3. The standard InChI is InChI=1S/C32H34F7NO6S/c1-28(2,44)21-8-11-23(12-9-21)47(45,46)29-15-16-40(26(41)18-3-5-19(6-4-18)27(42)43)25(29)14-7-20-17-22(10-13-24(20)29)30(33,31(34,35)36)32(37,38)39/h8-13,17-19,25,44H,3-7,14-16H2,1-2H3,(H,42,43). The minimum absolute atomic E-state index is 0.0946. The number of benzene rings is 2. The van der Waals surface area contributed by atoms with Crippen LogP contribution in [0.2, 0.25) is 0 Å². The molecule has 0 spiro atoms. The van der Waals surface area contributed by atoms with E-state index in [1.807, 2.05) is 0 Å². The third-order valence-corrected chi connectivity index (χ3v) is 12.7. The van der Waals surface area contributed by atoms with Gasteiger partial charge >= 0.3 is 24.0 Å². The van der Waals surface area contributed by atoms with Crippen molar-refractivity contribution in [1.29, 1.82) is 0 Å². The highest BCUT2D eigenvalue weighted by Crippen LogP contribution is 2.57. The molecule has 1 aliphatic heterocycles. The fourth-order valence-electron chi connectivity index (χ4n) is 7.57. The lowest BCUT2D eigenvalue weighted by molar-refractivity contribution is -0.348. The van der Waals surface area contributed by atoms with Crippen LogP contribution in [0.4, 0.5) is 30.7 Å². The van der Waals surface area contributed by atoms with Crippen LogP contribution in [0.5, 0.6) is 0 Å². The van der Waals surface area contributed by atoms with Crippen LogP contribution in [-0.4, -0.2) is 60.3 Å². The number of amides is 1. The molecule has 1 amide bonds. The van der Waals surface area contributed by atoms with Crippen LogP contribution in [0, 0.1) is 11.8 Å². The van der Waals surface area contributed by atoms with Gasteiger partial charge in [-0.2, -0.15) is 26.3 Å². The lowest BCUT2D eigenvalue weighted by atomic mass is 9.76. The molecule has 2 aromatic rings. The van der Waals surface area contributed by atoms with E-state index in [4.69, 9.17) is 0 Å². The first-order valence-corrected chi connectivity index (χ1v) is 16.6. The predicted molar refractivity (Wildman–Crippen MR) is 153 cm³/mol. The van der Waals surface area contributed by atoms with Crippen LogP contribution in [0.25, 0.3) is 0 Å². The number of alkyl halides is 7. The van der Waals surface area contributed by atoms with Crippen molar-refractivity contribution < 1.29 is 59.0 Å². The topological polar surface area (TPSA) is 112 Å². The molecular formula is C32H34F7NO6S. The van der Waals surface area contributed by atoms with E-state index in [2.05, 4.69) is 0 Å². The van der Waals surface area contributed by atoms with Gasteiger partial charge in [0.1, 0.15) is 4.75 Å². The van der Waals surface area contributed by atoms with Crippen LogP contribution in [0.15, 0.2) is 47.4 Å². The molecule has 2 fully saturated rings. The van der Waals surface area contributed by atoms with Gasteiger partial charge in [-0.15, -0.1) is 0 Å². The number of rotatable bonds is 6. The van der Waals surface area contributed by atoms with Crippen molar-refractivity contribution in [2.24, 2.45) is 11.8 Å². The molecular weight excluding hydrogens is 659 g/mol. The van der Waals surface area contributed by atoms with Gasteiger partial charge in [0.15, 0.2) is 9.84 Å². The lowest BCUT2D eigenvalue weighted by Gasteiger charge is -2.44. The molecule has 1 heterocycles. The number of fused-ring (bicyclic) bond motifs is 3. The average molecular weight is 694 g/mol. The molecule has 2 aromatic carbocycles. The van der Waals surface area contributed by atoms with Crippen molar-refractivity contribution >= 4 is 21.7 Å². The van der Waals surface area contributed by atoms with E-state index >= 15 is 4.39 Å². The maximum atomic E-state index is 15.1. The van der Waals surface area contributed by atoms with E-state index in [0.29, 0.717) is 17.7 Å². The van der Waals surface area contributed by atoms with Gasteiger partial charge in [-0.25, -0.2) is 12.8 Å². The average Bonchev–Trinajstić information content (AvgIpc) is 3.40. The summed E-state index contributed by atoms with van der Waals surface area (Å²) in [6.45, 7) is 2.87. The Morgan fingerprint density at radius 1 is 0.830 bits per heavy atom. The number of hydrogen-bond donors (Lipinski definition) is 2. The SMILES string of the molecule is CC(C)(O)c1ccc(S(=O)(=O)C23CCN(C(=O)C4CCC(C(=O)O)CC4)C2CCc2cc(C(F)(C(F)(F)F)C(F)(F)F)ccc23)cc1. The molecule has 2 atom stereocenters. The van der Waals surface area contributed by atoms with E-state index in [-0.39, 0.29) is 67.5 Å². The van der Waals surface area contributed by atoms with E-state index in [1.165, 1.54) is 43.0 Å². The number of sulfone groups is 1. The monoisotopic (exact) mass is 693 g/mol. The van der Waals surface area contributed by atoms with Crippen molar-refractivity contribution in [3.8, 4) is 0 Å². The molecule has 2 aliphatic carbocycles. The highest BCUT2D eigenvalue weighted by Gasteiger charge is 2.74. The second-order valence-corrected chi connectivity index (χ2v) is 15.4.